The predicted molar refractivity (Wildman–Crippen MR) is 140 cm³/mol. The molecule has 0 spiro atoms. The van der Waals surface area contributed by atoms with E-state index in [-0.39, 0.29) is 18.1 Å². The number of amides is 2. The van der Waals surface area contributed by atoms with Gasteiger partial charge in [-0.15, -0.1) is 0 Å². The second-order valence-electron chi connectivity index (χ2n) is 9.03. The monoisotopic (exact) mass is 471 g/mol. The van der Waals surface area contributed by atoms with Gasteiger partial charge in [0.15, 0.2) is 0 Å². The molecule has 2 unspecified atom stereocenters. The fraction of sp³-hybridized carbons (Fsp3) is 0.310. The highest BCUT2D eigenvalue weighted by Gasteiger charge is 2.24. The number of aromatic nitrogens is 1. The van der Waals surface area contributed by atoms with Crippen molar-refractivity contribution >= 4 is 17.8 Å². The molecule has 1 aromatic heterocycles. The van der Waals surface area contributed by atoms with Crippen LogP contribution in [0.2, 0.25) is 0 Å². The number of nitrogens with one attached hydrogen (secondary N) is 1. The van der Waals surface area contributed by atoms with E-state index >= 15 is 0 Å². The fourth-order valence-electron chi connectivity index (χ4n) is 4.34. The van der Waals surface area contributed by atoms with Crippen LogP contribution in [0.5, 0.6) is 11.6 Å². The molecule has 2 amide bonds. The van der Waals surface area contributed by atoms with E-state index in [1.807, 2.05) is 23.1 Å². The van der Waals surface area contributed by atoms with Crippen molar-refractivity contribution < 1.29 is 14.3 Å². The van der Waals surface area contributed by atoms with Crippen LogP contribution in [0.1, 0.15) is 31.4 Å². The number of piperidine rings is 1. The Morgan fingerprint density at radius 3 is 2.71 bits per heavy atom. The molecule has 0 aliphatic carbocycles. The highest BCUT2D eigenvalue weighted by molar-refractivity contribution is 5.89. The largest absolute Gasteiger partial charge is 0.490 e. The zero-order valence-electron chi connectivity index (χ0n) is 20.6. The van der Waals surface area contributed by atoms with Gasteiger partial charge in [-0.25, -0.2) is 9.78 Å². The van der Waals surface area contributed by atoms with E-state index in [4.69, 9.17) is 9.47 Å². The molecule has 0 bridgehead atoms. The molecular formula is C29H33N3O3. The Morgan fingerprint density at radius 1 is 1.17 bits per heavy atom. The molecule has 1 fully saturated rings. The Labute approximate surface area is 207 Å². The standard InChI is InChI=1S/C29H33N3O3/c1-21-20-32(29(33)31-26-12-13-28(34-3)30-19-26)15-14-25(21)17-24-10-7-11-27(18-24)35-22(2)16-23-8-5-4-6-9-23/h4-13,17-19,21-22H,14-16,20H2,1-3H3,(H,31,33). The van der Waals surface area contributed by atoms with Gasteiger partial charge in [0.2, 0.25) is 5.88 Å². The number of carbonyl (C=O) groups is 1. The summed E-state index contributed by atoms with van der Waals surface area (Å²) in [4.78, 5) is 18.7. The Morgan fingerprint density at radius 2 is 2.00 bits per heavy atom. The summed E-state index contributed by atoms with van der Waals surface area (Å²) in [6.07, 6.45) is 5.63. The number of pyridine rings is 1. The van der Waals surface area contributed by atoms with Gasteiger partial charge < -0.3 is 19.7 Å². The van der Waals surface area contributed by atoms with Crippen molar-refractivity contribution in [2.45, 2.75) is 32.8 Å². The Balaban J connectivity index is 1.33. The zero-order chi connectivity index (χ0) is 24.6. The highest BCUT2D eigenvalue weighted by atomic mass is 16.5. The van der Waals surface area contributed by atoms with Crippen LogP contribution in [0.15, 0.2) is 78.5 Å². The van der Waals surface area contributed by atoms with E-state index in [2.05, 4.69) is 66.6 Å². The molecular weight excluding hydrogens is 438 g/mol. The number of benzene rings is 2. The minimum Gasteiger partial charge on any atom is -0.490 e. The van der Waals surface area contributed by atoms with Crippen LogP contribution in [0.3, 0.4) is 0 Å². The van der Waals surface area contributed by atoms with Gasteiger partial charge in [0.1, 0.15) is 5.75 Å². The van der Waals surface area contributed by atoms with Crippen molar-refractivity contribution in [3.63, 3.8) is 0 Å². The summed E-state index contributed by atoms with van der Waals surface area (Å²) in [7, 11) is 1.57. The Kier molecular flexibility index (Phi) is 8.03. The van der Waals surface area contributed by atoms with E-state index in [9.17, 15) is 4.79 Å². The average molecular weight is 472 g/mol. The van der Waals surface area contributed by atoms with Crippen LogP contribution in [-0.2, 0) is 6.42 Å². The summed E-state index contributed by atoms with van der Waals surface area (Å²) < 4.78 is 11.3. The van der Waals surface area contributed by atoms with Crippen LogP contribution >= 0.6 is 0 Å². The third-order valence-electron chi connectivity index (χ3n) is 6.19. The van der Waals surface area contributed by atoms with Gasteiger partial charge in [-0.2, -0.15) is 0 Å². The van der Waals surface area contributed by atoms with Crippen molar-refractivity contribution in [3.8, 4) is 11.6 Å². The number of ether oxygens (including phenoxy) is 2. The van der Waals surface area contributed by atoms with Gasteiger partial charge in [-0.1, -0.05) is 61.0 Å². The molecule has 1 N–H and O–H groups in total. The Bertz CT molecular complexity index is 1150. The Hall–Kier alpha value is -3.80. The zero-order valence-corrected chi connectivity index (χ0v) is 20.6. The summed E-state index contributed by atoms with van der Waals surface area (Å²) in [5.74, 6) is 1.66. The second-order valence-corrected chi connectivity index (χ2v) is 9.03. The van der Waals surface area contributed by atoms with E-state index in [0.717, 1.165) is 24.2 Å². The lowest BCUT2D eigenvalue weighted by molar-refractivity contribution is 0.198. The molecule has 1 aliphatic heterocycles. The smallest absolute Gasteiger partial charge is 0.321 e. The maximum absolute atomic E-state index is 12.7. The minimum absolute atomic E-state index is 0.0851. The molecule has 4 rings (SSSR count). The molecule has 0 saturated carbocycles. The quantitative estimate of drug-likeness (QED) is 0.455. The summed E-state index contributed by atoms with van der Waals surface area (Å²) in [5, 5.41) is 2.92. The van der Waals surface area contributed by atoms with Crippen molar-refractivity contribution in [2.75, 3.05) is 25.5 Å². The lowest BCUT2D eigenvalue weighted by Gasteiger charge is -2.33. The topological polar surface area (TPSA) is 63.7 Å². The number of likely N-dealkylation sites (tertiary alicyclic amines) is 1. The molecule has 1 saturated heterocycles. The number of hydrogen-bond acceptors (Lipinski definition) is 4. The molecule has 6 nitrogen and oxygen atoms in total. The van der Waals surface area contributed by atoms with Gasteiger partial charge in [0.05, 0.1) is 25.1 Å². The molecule has 2 aromatic carbocycles. The number of carbonyl (C=O) groups excluding carboxylic acids is 1. The lowest BCUT2D eigenvalue weighted by Crippen LogP contribution is -2.42. The highest BCUT2D eigenvalue weighted by Crippen LogP contribution is 2.27. The molecule has 182 valence electrons. The van der Waals surface area contributed by atoms with Gasteiger partial charge in [-0.05, 0) is 48.6 Å². The number of urea groups is 1. The van der Waals surface area contributed by atoms with Crippen molar-refractivity contribution in [1.82, 2.24) is 9.88 Å². The first kappa shape index (κ1) is 24.3. The molecule has 6 heteroatoms. The predicted octanol–water partition coefficient (Wildman–Crippen LogP) is 6.06. The van der Waals surface area contributed by atoms with Crippen LogP contribution in [0.25, 0.3) is 6.08 Å². The number of methoxy groups -OCH3 is 1. The summed E-state index contributed by atoms with van der Waals surface area (Å²) in [6, 6.07) is 22.1. The SMILES string of the molecule is COc1ccc(NC(=O)N2CCC(=Cc3cccc(OC(C)Cc4ccccc4)c3)C(C)C2)cn1. The van der Waals surface area contributed by atoms with Crippen molar-refractivity contribution in [1.29, 1.82) is 0 Å². The number of rotatable bonds is 7. The second kappa shape index (κ2) is 11.6. The van der Waals surface area contributed by atoms with Crippen LogP contribution in [0.4, 0.5) is 10.5 Å². The van der Waals surface area contributed by atoms with Gasteiger partial charge in [0.25, 0.3) is 0 Å². The average Bonchev–Trinajstić information content (AvgIpc) is 2.86. The molecule has 0 radical (unpaired) electrons. The molecule has 35 heavy (non-hydrogen) atoms. The van der Waals surface area contributed by atoms with Crippen molar-refractivity contribution in [3.05, 3.63) is 89.6 Å². The van der Waals surface area contributed by atoms with E-state index in [0.29, 0.717) is 24.7 Å². The van der Waals surface area contributed by atoms with Crippen LogP contribution in [0, 0.1) is 5.92 Å². The van der Waals surface area contributed by atoms with Gasteiger partial charge in [-0.3, -0.25) is 0 Å². The van der Waals surface area contributed by atoms with Crippen LogP contribution in [-0.4, -0.2) is 42.2 Å². The summed E-state index contributed by atoms with van der Waals surface area (Å²) >= 11 is 0. The normalized spacial score (nSPS) is 17.6. The minimum atomic E-state index is -0.106. The molecule has 2 atom stereocenters. The number of nitrogens with zero attached hydrogens (tertiary/aromatic N) is 2. The first-order valence-electron chi connectivity index (χ1n) is 12.1. The fourth-order valence-corrected chi connectivity index (χ4v) is 4.34. The number of anilines is 1. The first-order chi connectivity index (χ1) is 17.0. The third-order valence-corrected chi connectivity index (χ3v) is 6.19. The lowest BCUT2D eigenvalue weighted by atomic mass is 9.91. The summed E-state index contributed by atoms with van der Waals surface area (Å²) in [6.45, 7) is 5.62. The molecule has 2 heterocycles. The van der Waals surface area contributed by atoms with E-state index in [1.165, 1.54) is 11.1 Å². The third kappa shape index (κ3) is 6.85. The molecule has 1 aliphatic rings. The number of hydrogen-bond donors (Lipinski definition) is 1. The first-order valence-corrected chi connectivity index (χ1v) is 12.1. The maximum Gasteiger partial charge on any atom is 0.321 e. The molecule has 3 aromatic rings. The maximum atomic E-state index is 12.7. The van der Waals surface area contributed by atoms with Crippen LogP contribution < -0.4 is 14.8 Å². The van der Waals surface area contributed by atoms with Gasteiger partial charge >= 0.3 is 6.03 Å². The van der Waals surface area contributed by atoms with E-state index in [1.54, 1.807) is 25.4 Å². The van der Waals surface area contributed by atoms with Gasteiger partial charge in [0, 0.05) is 25.6 Å². The van der Waals surface area contributed by atoms with Crippen molar-refractivity contribution in [2.24, 2.45) is 5.92 Å². The summed E-state index contributed by atoms with van der Waals surface area (Å²) in [5.41, 5.74) is 4.39. The van der Waals surface area contributed by atoms with E-state index < -0.39 is 0 Å².